The highest BCUT2D eigenvalue weighted by molar-refractivity contribution is 7.80. The van der Waals surface area contributed by atoms with Crippen molar-refractivity contribution in [1.82, 2.24) is 15.5 Å². The average molecular weight is 396 g/mol. The van der Waals surface area contributed by atoms with E-state index in [4.69, 9.17) is 21.5 Å². The fraction of sp³-hybridized carbons (Fsp3) is 0.200. The highest BCUT2D eigenvalue weighted by atomic mass is 32.1. The standard InChI is InChI=1S/C20H20N4O3S/c1-12-6-4-7-14(10-12)18-23-17(27-24-18)11-21-20(28)22-16-9-5-8-15(13(16)2)19(25)26-3/h4-10H,11H2,1-3H3,(H2,21,22,28). The van der Waals surface area contributed by atoms with E-state index in [-0.39, 0.29) is 6.54 Å². The molecule has 1 aromatic heterocycles. The van der Waals surface area contributed by atoms with Gasteiger partial charge in [-0.05, 0) is 49.8 Å². The lowest BCUT2D eigenvalue weighted by Crippen LogP contribution is -2.28. The summed E-state index contributed by atoms with van der Waals surface area (Å²) in [5.41, 5.74) is 3.96. The number of aromatic nitrogens is 2. The maximum atomic E-state index is 11.8. The van der Waals surface area contributed by atoms with Crippen molar-refractivity contribution in [2.75, 3.05) is 12.4 Å². The second-order valence-corrected chi connectivity index (χ2v) is 6.57. The molecule has 0 aliphatic rings. The van der Waals surface area contributed by atoms with Gasteiger partial charge in [0.2, 0.25) is 11.7 Å². The summed E-state index contributed by atoms with van der Waals surface area (Å²) < 4.78 is 10.1. The van der Waals surface area contributed by atoms with Crippen molar-refractivity contribution < 1.29 is 14.1 Å². The maximum Gasteiger partial charge on any atom is 0.338 e. The van der Waals surface area contributed by atoms with E-state index in [2.05, 4.69) is 20.8 Å². The van der Waals surface area contributed by atoms with Crippen molar-refractivity contribution in [2.45, 2.75) is 20.4 Å². The number of rotatable bonds is 5. The highest BCUT2D eigenvalue weighted by Gasteiger charge is 2.13. The normalized spacial score (nSPS) is 10.4. The predicted molar refractivity (Wildman–Crippen MR) is 110 cm³/mol. The van der Waals surface area contributed by atoms with Crippen molar-refractivity contribution in [1.29, 1.82) is 0 Å². The van der Waals surface area contributed by atoms with Gasteiger partial charge in [0, 0.05) is 11.3 Å². The molecule has 0 aliphatic carbocycles. The Morgan fingerprint density at radius 2 is 2.00 bits per heavy atom. The minimum absolute atomic E-state index is 0.278. The molecule has 3 aromatic rings. The van der Waals surface area contributed by atoms with E-state index in [0.29, 0.717) is 28.1 Å². The number of hydrogen-bond donors (Lipinski definition) is 2. The Bertz CT molecular complexity index is 1020. The number of nitrogens with zero attached hydrogens (tertiary/aromatic N) is 2. The zero-order valence-electron chi connectivity index (χ0n) is 15.8. The number of esters is 1. The van der Waals surface area contributed by atoms with Crippen molar-refractivity contribution in [3.8, 4) is 11.4 Å². The molecule has 0 amide bonds. The van der Waals surface area contributed by atoms with E-state index in [0.717, 1.165) is 16.7 Å². The van der Waals surface area contributed by atoms with Crippen molar-refractivity contribution >= 4 is 29.0 Å². The molecular weight excluding hydrogens is 376 g/mol. The molecule has 0 bridgehead atoms. The van der Waals surface area contributed by atoms with E-state index in [9.17, 15) is 4.79 Å². The molecule has 0 unspecified atom stereocenters. The maximum absolute atomic E-state index is 11.8. The Hall–Kier alpha value is -3.26. The lowest BCUT2D eigenvalue weighted by molar-refractivity contribution is 0.0600. The van der Waals surface area contributed by atoms with E-state index in [1.807, 2.05) is 44.2 Å². The Balaban J connectivity index is 1.62. The number of thiocarbonyl (C=S) groups is 1. The molecule has 0 saturated carbocycles. The first-order valence-corrected chi connectivity index (χ1v) is 9.01. The summed E-state index contributed by atoms with van der Waals surface area (Å²) in [4.78, 5) is 16.2. The van der Waals surface area contributed by atoms with Crippen LogP contribution in [0.2, 0.25) is 0 Å². The molecular formula is C20H20N4O3S. The number of ether oxygens (including phenoxy) is 1. The molecule has 0 fully saturated rings. The summed E-state index contributed by atoms with van der Waals surface area (Å²) in [5.74, 6) is 0.552. The third-order valence-corrected chi connectivity index (χ3v) is 4.38. The first kappa shape index (κ1) is 19.5. The minimum atomic E-state index is -0.394. The summed E-state index contributed by atoms with van der Waals surface area (Å²) in [7, 11) is 1.35. The summed E-state index contributed by atoms with van der Waals surface area (Å²) in [6, 6.07) is 13.2. The molecule has 1 heterocycles. The summed E-state index contributed by atoms with van der Waals surface area (Å²) >= 11 is 5.32. The number of carbonyl (C=O) groups is 1. The molecule has 0 radical (unpaired) electrons. The van der Waals surface area contributed by atoms with Crippen LogP contribution < -0.4 is 10.6 Å². The second kappa shape index (κ2) is 8.62. The van der Waals surface area contributed by atoms with E-state index >= 15 is 0 Å². The first-order chi connectivity index (χ1) is 13.5. The molecule has 0 saturated heterocycles. The largest absolute Gasteiger partial charge is 0.465 e. The van der Waals surface area contributed by atoms with E-state index in [1.54, 1.807) is 12.1 Å². The van der Waals surface area contributed by atoms with Crippen LogP contribution in [-0.2, 0) is 11.3 Å². The van der Waals surface area contributed by atoms with Gasteiger partial charge in [-0.15, -0.1) is 0 Å². The zero-order valence-corrected chi connectivity index (χ0v) is 16.6. The smallest absolute Gasteiger partial charge is 0.338 e. The monoisotopic (exact) mass is 396 g/mol. The molecule has 8 heteroatoms. The Morgan fingerprint density at radius 3 is 2.75 bits per heavy atom. The van der Waals surface area contributed by atoms with Crippen LogP contribution in [-0.4, -0.2) is 28.3 Å². The molecule has 2 aromatic carbocycles. The van der Waals surface area contributed by atoms with Gasteiger partial charge in [0.05, 0.1) is 19.2 Å². The zero-order chi connectivity index (χ0) is 20.1. The van der Waals surface area contributed by atoms with Crippen LogP contribution in [0.5, 0.6) is 0 Å². The van der Waals surface area contributed by atoms with Gasteiger partial charge in [0.1, 0.15) is 0 Å². The third-order valence-electron chi connectivity index (χ3n) is 4.13. The van der Waals surface area contributed by atoms with Crippen molar-refractivity contribution in [2.24, 2.45) is 0 Å². The van der Waals surface area contributed by atoms with Gasteiger partial charge in [0.25, 0.3) is 0 Å². The van der Waals surface area contributed by atoms with Crippen LogP contribution in [0.15, 0.2) is 47.0 Å². The van der Waals surface area contributed by atoms with Crippen molar-refractivity contribution in [3.63, 3.8) is 0 Å². The summed E-state index contributed by atoms with van der Waals surface area (Å²) in [5, 5.41) is 10.5. The first-order valence-electron chi connectivity index (χ1n) is 8.60. The molecule has 3 rings (SSSR count). The van der Waals surface area contributed by atoms with Gasteiger partial charge in [0.15, 0.2) is 5.11 Å². The number of methoxy groups -OCH3 is 1. The van der Waals surface area contributed by atoms with Gasteiger partial charge in [-0.1, -0.05) is 35.0 Å². The third kappa shape index (κ3) is 4.52. The molecule has 144 valence electrons. The molecule has 28 heavy (non-hydrogen) atoms. The summed E-state index contributed by atoms with van der Waals surface area (Å²) in [6.45, 7) is 4.11. The minimum Gasteiger partial charge on any atom is -0.465 e. The van der Waals surface area contributed by atoms with Crippen LogP contribution in [0.3, 0.4) is 0 Å². The lowest BCUT2D eigenvalue weighted by Gasteiger charge is -2.13. The van der Waals surface area contributed by atoms with Crippen LogP contribution in [0.25, 0.3) is 11.4 Å². The molecule has 2 N–H and O–H groups in total. The number of benzene rings is 2. The highest BCUT2D eigenvalue weighted by Crippen LogP contribution is 2.20. The van der Waals surface area contributed by atoms with Gasteiger partial charge >= 0.3 is 5.97 Å². The Kier molecular flexibility index (Phi) is 6.00. The Labute approximate surface area is 168 Å². The molecule has 0 aliphatic heterocycles. The molecule has 7 nitrogen and oxygen atoms in total. The van der Waals surface area contributed by atoms with Crippen LogP contribution >= 0.6 is 12.2 Å². The van der Waals surface area contributed by atoms with Crippen LogP contribution in [0, 0.1) is 13.8 Å². The Morgan fingerprint density at radius 1 is 1.21 bits per heavy atom. The van der Waals surface area contributed by atoms with Crippen molar-refractivity contribution in [3.05, 3.63) is 65.0 Å². The fourth-order valence-electron chi connectivity index (χ4n) is 2.65. The van der Waals surface area contributed by atoms with Gasteiger partial charge in [-0.25, -0.2) is 4.79 Å². The average Bonchev–Trinajstić information content (AvgIpc) is 3.16. The van der Waals surface area contributed by atoms with E-state index in [1.165, 1.54) is 7.11 Å². The topological polar surface area (TPSA) is 89.3 Å². The number of hydrogen-bond acceptors (Lipinski definition) is 6. The summed E-state index contributed by atoms with van der Waals surface area (Å²) in [6.07, 6.45) is 0. The number of anilines is 1. The second-order valence-electron chi connectivity index (χ2n) is 6.16. The molecule has 0 spiro atoms. The van der Waals surface area contributed by atoms with Crippen LogP contribution in [0.1, 0.15) is 27.4 Å². The van der Waals surface area contributed by atoms with Gasteiger partial charge < -0.3 is 19.9 Å². The number of nitrogens with one attached hydrogen (secondary N) is 2. The number of aryl methyl sites for hydroxylation is 1. The quantitative estimate of drug-likeness (QED) is 0.499. The lowest BCUT2D eigenvalue weighted by atomic mass is 10.1. The van der Waals surface area contributed by atoms with E-state index < -0.39 is 5.97 Å². The van der Waals surface area contributed by atoms with Crippen LogP contribution in [0.4, 0.5) is 5.69 Å². The van der Waals surface area contributed by atoms with Gasteiger partial charge in [-0.3, -0.25) is 0 Å². The predicted octanol–water partition coefficient (Wildman–Crippen LogP) is 3.63. The van der Waals surface area contributed by atoms with Gasteiger partial charge in [-0.2, -0.15) is 4.98 Å². The SMILES string of the molecule is COC(=O)c1cccc(NC(=S)NCc2nc(-c3cccc(C)c3)no2)c1C. The number of carbonyl (C=O) groups excluding carboxylic acids is 1. The fourth-order valence-corrected chi connectivity index (χ4v) is 2.83. The molecule has 0 atom stereocenters.